The standard InChI is InChI=1S/C21H24Cl2N2O2S/c1-13(2)24(14(3)4)25-20(26)12-28-21(25)15-6-5-7-16(10-15)27-17-8-9-18(22)19(23)11-17/h5-11,13-14,21H,12H2,1-4H3. The van der Waals surface area contributed by atoms with Gasteiger partial charge < -0.3 is 4.74 Å². The minimum Gasteiger partial charge on any atom is -0.457 e. The molecule has 4 nitrogen and oxygen atoms in total. The Morgan fingerprint density at radius 2 is 1.71 bits per heavy atom. The third kappa shape index (κ3) is 4.60. The third-order valence-electron chi connectivity index (χ3n) is 4.42. The first-order valence-electron chi connectivity index (χ1n) is 9.22. The predicted octanol–water partition coefficient (Wildman–Crippen LogP) is 6.39. The lowest BCUT2D eigenvalue weighted by Gasteiger charge is -2.41. The summed E-state index contributed by atoms with van der Waals surface area (Å²) < 4.78 is 5.96. The van der Waals surface area contributed by atoms with E-state index in [1.807, 2.05) is 29.3 Å². The normalized spacial score (nSPS) is 17.2. The maximum absolute atomic E-state index is 12.7. The Balaban J connectivity index is 1.87. The van der Waals surface area contributed by atoms with Crippen molar-refractivity contribution < 1.29 is 9.53 Å². The van der Waals surface area contributed by atoms with Crippen molar-refractivity contribution >= 4 is 40.9 Å². The lowest BCUT2D eigenvalue weighted by atomic mass is 10.2. The number of amides is 1. The molecule has 0 spiro atoms. The summed E-state index contributed by atoms with van der Waals surface area (Å²) in [6.45, 7) is 8.43. The molecule has 1 fully saturated rings. The van der Waals surface area contributed by atoms with Crippen LogP contribution >= 0.6 is 35.0 Å². The van der Waals surface area contributed by atoms with E-state index in [-0.39, 0.29) is 23.4 Å². The summed E-state index contributed by atoms with van der Waals surface area (Å²) in [7, 11) is 0. The molecule has 1 amide bonds. The number of hydrogen-bond donors (Lipinski definition) is 0. The van der Waals surface area contributed by atoms with Gasteiger partial charge in [-0.25, -0.2) is 5.01 Å². The highest BCUT2D eigenvalue weighted by Gasteiger charge is 2.39. The Bertz CT molecular complexity index is 852. The zero-order chi connectivity index (χ0) is 20.4. The van der Waals surface area contributed by atoms with Crippen LogP contribution in [0.15, 0.2) is 42.5 Å². The van der Waals surface area contributed by atoms with E-state index in [2.05, 4.69) is 32.7 Å². The van der Waals surface area contributed by atoms with Crippen molar-refractivity contribution in [1.82, 2.24) is 10.0 Å². The molecular weight excluding hydrogens is 415 g/mol. The monoisotopic (exact) mass is 438 g/mol. The molecule has 0 N–H and O–H groups in total. The first kappa shape index (κ1) is 21.3. The molecule has 28 heavy (non-hydrogen) atoms. The zero-order valence-electron chi connectivity index (χ0n) is 16.4. The largest absolute Gasteiger partial charge is 0.457 e. The van der Waals surface area contributed by atoms with Gasteiger partial charge in [-0.15, -0.1) is 11.8 Å². The summed E-state index contributed by atoms with van der Waals surface area (Å²) in [5.74, 6) is 1.91. The van der Waals surface area contributed by atoms with Crippen LogP contribution in [0, 0.1) is 0 Å². The molecule has 1 aliphatic heterocycles. The van der Waals surface area contributed by atoms with Gasteiger partial charge in [-0.1, -0.05) is 35.3 Å². The number of halogens is 2. The Morgan fingerprint density at radius 3 is 2.36 bits per heavy atom. The van der Waals surface area contributed by atoms with Crippen molar-refractivity contribution in [1.29, 1.82) is 0 Å². The van der Waals surface area contributed by atoms with Crippen molar-refractivity contribution in [3.63, 3.8) is 0 Å². The molecule has 3 rings (SSSR count). The van der Waals surface area contributed by atoms with E-state index in [0.29, 0.717) is 27.3 Å². The SMILES string of the molecule is CC(C)N(C(C)C)N1C(=O)CSC1c1cccc(Oc2ccc(Cl)c(Cl)c2)c1. The van der Waals surface area contributed by atoms with Gasteiger partial charge in [0, 0.05) is 18.2 Å². The van der Waals surface area contributed by atoms with E-state index >= 15 is 0 Å². The van der Waals surface area contributed by atoms with Gasteiger partial charge in [0.25, 0.3) is 0 Å². The Morgan fingerprint density at radius 1 is 1.04 bits per heavy atom. The lowest BCUT2D eigenvalue weighted by molar-refractivity contribution is -0.154. The molecule has 2 aromatic carbocycles. The molecule has 0 bridgehead atoms. The van der Waals surface area contributed by atoms with Crippen LogP contribution in [0.4, 0.5) is 0 Å². The smallest absolute Gasteiger partial charge is 0.248 e. The minimum atomic E-state index is -0.0744. The molecule has 0 saturated carbocycles. The van der Waals surface area contributed by atoms with Gasteiger partial charge in [0.05, 0.1) is 15.8 Å². The summed E-state index contributed by atoms with van der Waals surface area (Å²) in [5, 5.41) is 4.91. The highest BCUT2D eigenvalue weighted by Crippen LogP contribution is 2.42. The van der Waals surface area contributed by atoms with Crippen LogP contribution in [0.1, 0.15) is 38.6 Å². The van der Waals surface area contributed by atoms with Gasteiger partial charge in [0.1, 0.15) is 16.9 Å². The minimum absolute atomic E-state index is 0.0744. The van der Waals surface area contributed by atoms with Crippen molar-refractivity contribution in [2.45, 2.75) is 45.2 Å². The van der Waals surface area contributed by atoms with Gasteiger partial charge in [-0.05, 0) is 57.5 Å². The van der Waals surface area contributed by atoms with Crippen molar-refractivity contribution in [2.75, 3.05) is 5.75 Å². The molecule has 7 heteroatoms. The lowest BCUT2D eigenvalue weighted by Crippen LogP contribution is -2.52. The van der Waals surface area contributed by atoms with Gasteiger partial charge in [0.15, 0.2) is 0 Å². The molecule has 0 aromatic heterocycles. The molecule has 1 atom stereocenters. The highest BCUT2D eigenvalue weighted by atomic mass is 35.5. The summed E-state index contributed by atoms with van der Waals surface area (Å²) in [6.07, 6.45) is 0. The van der Waals surface area contributed by atoms with E-state index in [0.717, 1.165) is 5.56 Å². The van der Waals surface area contributed by atoms with E-state index in [9.17, 15) is 4.79 Å². The van der Waals surface area contributed by atoms with Crippen LogP contribution in [0.25, 0.3) is 0 Å². The van der Waals surface area contributed by atoms with Crippen LogP contribution in [0.3, 0.4) is 0 Å². The average molecular weight is 439 g/mol. The van der Waals surface area contributed by atoms with E-state index < -0.39 is 0 Å². The number of hydrogen-bond acceptors (Lipinski definition) is 4. The number of rotatable bonds is 6. The number of nitrogens with zero attached hydrogens (tertiary/aromatic N) is 2. The third-order valence-corrected chi connectivity index (χ3v) is 6.36. The molecule has 1 heterocycles. The van der Waals surface area contributed by atoms with Crippen molar-refractivity contribution in [3.8, 4) is 11.5 Å². The second-order valence-electron chi connectivity index (χ2n) is 7.22. The van der Waals surface area contributed by atoms with Crippen LogP contribution in [-0.2, 0) is 4.79 Å². The summed E-state index contributed by atoms with van der Waals surface area (Å²) >= 11 is 13.7. The molecule has 0 aliphatic carbocycles. The fraction of sp³-hybridized carbons (Fsp3) is 0.381. The average Bonchev–Trinajstić information content (AvgIpc) is 2.99. The number of thioether (sulfide) groups is 1. The van der Waals surface area contributed by atoms with Crippen LogP contribution in [0.2, 0.25) is 10.0 Å². The van der Waals surface area contributed by atoms with Crippen LogP contribution in [0.5, 0.6) is 11.5 Å². The maximum Gasteiger partial charge on any atom is 0.248 e. The van der Waals surface area contributed by atoms with Gasteiger partial charge in [-0.3, -0.25) is 9.80 Å². The molecule has 1 aliphatic rings. The number of carbonyl (C=O) groups excluding carboxylic acids is 1. The molecule has 0 radical (unpaired) electrons. The molecule has 1 unspecified atom stereocenters. The summed E-state index contributed by atoms with van der Waals surface area (Å²) in [6, 6.07) is 13.5. The second kappa shape index (κ2) is 8.95. The molecular formula is C21H24Cl2N2O2S. The number of benzene rings is 2. The maximum atomic E-state index is 12.7. The molecule has 2 aromatic rings. The number of ether oxygens (including phenoxy) is 1. The van der Waals surface area contributed by atoms with Gasteiger partial charge >= 0.3 is 0 Å². The zero-order valence-corrected chi connectivity index (χ0v) is 18.7. The van der Waals surface area contributed by atoms with Crippen molar-refractivity contribution in [3.05, 3.63) is 58.1 Å². The number of hydrazine groups is 1. The van der Waals surface area contributed by atoms with E-state index in [1.165, 1.54) is 0 Å². The summed E-state index contributed by atoms with van der Waals surface area (Å²) in [4.78, 5) is 12.7. The molecule has 1 saturated heterocycles. The Labute approximate surface area is 180 Å². The second-order valence-corrected chi connectivity index (χ2v) is 9.10. The van der Waals surface area contributed by atoms with Crippen molar-refractivity contribution in [2.24, 2.45) is 0 Å². The van der Waals surface area contributed by atoms with Gasteiger partial charge in [-0.2, -0.15) is 0 Å². The Hall–Kier alpha value is -1.40. The first-order valence-corrected chi connectivity index (χ1v) is 11.0. The summed E-state index contributed by atoms with van der Waals surface area (Å²) in [5.41, 5.74) is 1.03. The Kier molecular flexibility index (Phi) is 6.81. The first-order chi connectivity index (χ1) is 13.3. The quantitative estimate of drug-likeness (QED) is 0.522. The fourth-order valence-electron chi connectivity index (χ4n) is 3.41. The number of carbonyl (C=O) groups is 1. The molecule has 150 valence electrons. The van der Waals surface area contributed by atoms with Crippen LogP contribution in [-0.4, -0.2) is 33.8 Å². The predicted molar refractivity (Wildman–Crippen MR) is 117 cm³/mol. The highest BCUT2D eigenvalue weighted by molar-refractivity contribution is 8.00. The van der Waals surface area contributed by atoms with Crippen LogP contribution < -0.4 is 4.74 Å². The fourth-order valence-corrected chi connectivity index (χ4v) is 4.83. The van der Waals surface area contributed by atoms with E-state index in [4.69, 9.17) is 27.9 Å². The topological polar surface area (TPSA) is 32.8 Å². The van der Waals surface area contributed by atoms with Gasteiger partial charge in [0.2, 0.25) is 5.91 Å². The van der Waals surface area contributed by atoms with E-state index in [1.54, 1.807) is 30.0 Å².